The van der Waals surface area contributed by atoms with Crippen LogP contribution in [0.15, 0.2) is 10.5 Å². The van der Waals surface area contributed by atoms with Crippen LogP contribution >= 0.6 is 39.9 Å². The van der Waals surface area contributed by atoms with Crippen molar-refractivity contribution in [2.75, 3.05) is 0 Å². The molecule has 0 spiro atoms. The van der Waals surface area contributed by atoms with Gasteiger partial charge in [-0.05, 0) is 28.9 Å². The maximum absolute atomic E-state index is 10.7. The molecule has 0 saturated heterocycles. The van der Waals surface area contributed by atoms with E-state index >= 15 is 0 Å². The Balaban J connectivity index is 3.10. The predicted octanol–water partition coefficient (Wildman–Crippen LogP) is 2.89. The molecular formula is C6H5BrOS2. The predicted molar refractivity (Wildman–Crippen MR) is 50.1 cm³/mol. The van der Waals surface area contributed by atoms with E-state index in [-0.39, 0.29) is 5.12 Å². The second-order valence-corrected chi connectivity index (χ2v) is 4.34. The van der Waals surface area contributed by atoms with E-state index in [2.05, 4.69) is 28.6 Å². The molecule has 54 valence electrons. The highest BCUT2D eigenvalue weighted by molar-refractivity contribution is 9.10. The standard InChI is InChI=1S/C6H5BrOS2/c1-3-4(7)2-5(10-3)6(8)9/h2H,1H3,(H,8,9). The minimum atomic E-state index is -0.168. The van der Waals surface area contributed by atoms with Crippen molar-refractivity contribution in [3.63, 3.8) is 0 Å². The lowest BCUT2D eigenvalue weighted by Gasteiger charge is -1.79. The molecule has 1 rings (SSSR count). The molecule has 4 heteroatoms. The highest BCUT2D eigenvalue weighted by Crippen LogP contribution is 2.26. The van der Waals surface area contributed by atoms with E-state index < -0.39 is 0 Å². The lowest BCUT2D eigenvalue weighted by Crippen LogP contribution is -1.78. The van der Waals surface area contributed by atoms with Crippen LogP contribution in [0.2, 0.25) is 0 Å². The topological polar surface area (TPSA) is 17.1 Å². The fourth-order valence-corrected chi connectivity index (χ4v) is 2.14. The fraction of sp³-hybridized carbons (Fsp3) is 0.167. The zero-order chi connectivity index (χ0) is 7.72. The lowest BCUT2D eigenvalue weighted by atomic mass is 10.4. The molecule has 0 bridgehead atoms. The number of thiol groups is 1. The summed E-state index contributed by atoms with van der Waals surface area (Å²) in [7, 11) is 0. The van der Waals surface area contributed by atoms with Crippen molar-refractivity contribution < 1.29 is 4.79 Å². The van der Waals surface area contributed by atoms with Gasteiger partial charge >= 0.3 is 0 Å². The first-order valence-electron chi connectivity index (χ1n) is 2.60. The molecular weight excluding hydrogens is 232 g/mol. The molecule has 0 atom stereocenters. The average molecular weight is 237 g/mol. The van der Waals surface area contributed by atoms with Gasteiger partial charge < -0.3 is 0 Å². The smallest absolute Gasteiger partial charge is 0.226 e. The third kappa shape index (κ3) is 1.62. The second-order valence-electron chi connectivity index (χ2n) is 1.82. The Morgan fingerprint density at radius 2 is 2.40 bits per heavy atom. The van der Waals surface area contributed by atoms with Gasteiger partial charge in [-0.2, -0.15) is 0 Å². The molecule has 0 radical (unpaired) electrons. The highest BCUT2D eigenvalue weighted by Gasteiger charge is 2.06. The Bertz CT molecular complexity index is 247. The van der Waals surface area contributed by atoms with Crippen LogP contribution in [0.5, 0.6) is 0 Å². The van der Waals surface area contributed by atoms with Crippen molar-refractivity contribution >= 4 is 45.0 Å². The fourth-order valence-electron chi connectivity index (χ4n) is 0.565. The van der Waals surface area contributed by atoms with Crippen LogP contribution in [0.1, 0.15) is 14.5 Å². The van der Waals surface area contributed by atoms with Gasteiger partial charge in [-0.1, -0.05) is 12.6 Å². The molecule has 0 aliphatic rings. The summed E-state index contributed by atoms with van der Waals surface area (Å²) in [6.07, 6.45) is 0. The van der Waals surface area contributed by atoms with Crippen LogP contribution < -0.4 is 0 Å². The maximum Gasteiger partial charge on any atom is 0.226 e. The number of thiophene rings is 1. The summed E-state index contributed by atoms with van der Waals surface area (Å²) in [5.74, 6) is 0. The zero-order valence-electron chi connectivity index (χ0n) is 5.22. The minimum Gasteiger partial charge on any atom is -0.281 e. The Kier molecular flexibility index (Phi) is 2.55. The van der Waals surface area contributed by atoms with Crippen LogP contribution in [0.3, 0.4) is 0 Å². The van der Waals surface area contributed by atoms with Gasteiger partial charge in [0.1, 0.15) is 0 Å². The van der Waals surface area contributed by atoms with Crippen LogP contribution in [0, 0.1) is 6.92 Å². The summed E-state index contributed by atoms with van der Waals surface area (Å²) in [6.45, 7) is 1.95. The number of carbonyl (C=O) groups is 1. The van der Waals surface area contributed by atoms with E-state index in [0.29, 0.717) is 4.88 Å². The highest BCUT2D eigenvalue weighted by atomic mass is 79.9. The first-order valence-corrected chi connectivity index (χ1v) is 4.66. The summed E-state index contributed by atoms with van der Waals surface area (Å²) < 4.78 is 0.981. The Labute approximate surface area is 77.0 Å². The molecule has 10 heavy (non-hydrogen) atoms. The molecule has 0 unspecified atom stereocenters. The molecule has 0 aliphatic carbocycles. The number of rotatable bonds is 1. The Hall–Kier alpha value is 0.200. The summed E-state index contributed by atoms with van der Waals surface area (Å²) in [5, 5.41) is -0.168. The summed E-state index contributed by atoms with van der Waals surface area (Å²) in [5.41, 5.74) is 0. The van der Waals surface area contributed by atoms with E-state index in [1.807, 2.05) is 6.92 Å². The summed E-state index contributed by atoms with van der Waals surface area (Å²) >= 11 is 8.46. The van der Waals surface area contributed by atoms with E-state index in [4.69, 9.17) is 0 Å². The van der Waals surface area contributed by atoms with Crippen LogP contribution in [-0.2, 0) is 0 Å². The van der Waals surface area contributed by atoms with Gasteiger partial charge in [0, 0.05) is 9.35 Å². The van der Waals surface area contributed by atoms with E-state index in [9.17, 15) is 4.79 Å². The van der Waals surface area contributed by atoms with Crippen molar-refractivity contribution in [1.29, 1.82) is 0 Å². The molecule has 1 aromatic rings. The molecule has 1 nitrogen and oxygen atoms in total. The SMILES string of the molecule is Cc1sc(C(=O)S)cc1Br. The van der Waals surface area contributed by atoms with E-state index in [1.165, 1.54) is 11.3 Å². The van der Waals surface area contributed by atoms with Crippen molar-refractivity contribution in [1.82, 2.24) is 0 Å². The average Bonchev–Trinajstić information content (AvgIpc) is 2.13. The second kappa shape index (κ2) is 3.07. The van der Waals surface area contributed by atoms with Crippen LogP contribution in [0.25, 0.3) is 0 Å². The number of hydrogen-bond acceptors (Lipinski definition) is 2. The molecule has 0 fully saturated rings. The monoisotopic (exact) mass is 236 g/mol. The number of aryl methyl sites for hydroxylation is 1. The van der Waals surface area contributed by atoms with Crippen LogP contribution in [0.4, 0.5) is 0 Å². The number of halogens is 1. The molecule has 0 N–H and O–H groups in total. The molecule has 1 aromatic heterocycles. The quantitative estimate of drug-likeness (QED) is 0.743. The van der Waals surface area contributed by atoms with Crippen LogP contribution in [-0.4, -0.2) is 5.12 Å². The third-order valence-corrected chi connectivity index (χ3v) is 3.60. The third-order valence-electron chi connectivity index (χ3n) is 1.07. The van der Waals surface area contributed by atoms with E-state index in [0.717, 1.165) is 9.35 Å². The largest absolute Gasteiger partial charge is 0.281 e. The van der Waals surface area contributed by atoms with E-state index in [1.54, 1.807) is 6.07 Å². The zero-order valence-corrected chi connectivity index (χ0v) is 8.52. The Morgan fingerprint density at radius 3 is 2.60 bits per heavy atom. The molecule has 0 aromatic carbocycles. The molecule has 0 amide bonds. The first-order chi connectivity index (χ1) is 4.61. The number of carbonyl (C=O) groups excluding carboxylic acids is 1. The van der Waals surface area contributed by atoms with Gasteiger partial charge in [-0.15, -0.1) is 11.3 Å². The summed E-state index contributed by atoms with van der Waals surface area (Å²) in [6, 6.07) is 1.79. The van der Waals surface area contributed by atoms with Gasteiger partial charge in [-0.3, -0.25) is 4.79 Å². The van der Waals surface area contributed by atoms with Gasteiger partial charge in [-0.25, -0.2) is 0 Å². The summed E-state index contributed by atoms with van der Waals surface area (Å²) in [4.78, 5) is 12.5. The Morgan fingerprint density at radius 1 is 1.80 bits per heavy atom. The molecule has 1 heterocycles. The van der Waals surface area contributed by atoms with Crippen molar-refractivity contribution in [3.8, 4) is 0 Å². The van der Waals surface area contributed by atoms with Gasteiger partial charge in [0.05, 0.1) is 4.88 Å². The lowest BCUT2D eigenvalue weighted by molar-refractivity contribution is 0.109. The van der Waals surface area contributed by atoms with Gasteiger partial charge in [0.25, 0.3) is 0 Å². The van der Waals surface area contributed by atoms with Crippen molar-refractivity contribution in [2.24, 2.45) is 0 Å². The number of hydrogen-bond donors (Lipinski definition) is 1. The van der Waals surface area contributed by atoms with Gasteiger partial charge in [0.2, 0.25) is 5.12 Å². The van der Waals surface area contributed by atoms with Gasteiger partial charge in [0.15, 0.2) is 0 Å². The minimum absolute atomic E-state index is 0.168. The maximum atomic E-state index is 10.7. The van der Waals surface area contributed by atoms with Crippen molar-refractivity contribution in [3.05, 3.63) is 20.3 Å². The first kappa shape index (κ1) is 8.30. The molecule has 0 aliphatic heterocycles. The molecule has 0 saturated carbocycles. The normalized spacial score (nSPS) is 9.90. The van der Waals surface area contributed by atoms with Crippen molar-refractivity contribution in [2.45, 2.75) is 6.92 Å².